The Balaban J connectivity index is 1.86. The third-order valence-corrected chi connectivity index (χ3v) is 3.58. The maximum absolute atomic E-state index is 13.9. The Labute approximate surface area is 144 Å². The summed E-state index contributed by atoms with van der Waals surface area (Å²) in [4.78, 5) is 6.50. The summed E-state index contributed by atoms with van der Waals surface area (Å²) in [6.45, 7) is -0.265. The van der Waals surface area contributed by atoms with E-state index in [4.69, 9.17) is 0 Å². The van der Waals surface area contributed by atoms with Crippen LogP contribution in [0.25, 0.3) is 22.8 Å². The second kappa shape index (κ2) is 7.40. The molecule has 0 saturated carbocycles. The van der Waals surface area contributed by atoms with Crippen molar-refractivity contribution in [3.8, 4) is 28.5 Å². The third-order valence-electron chi connectivity index (χ3n) is 3.58. The van der Waals surface area contributed by atoms with Gasteiger partial charge in [-0.2, -0.15) is 5.10 Å². The molecular formula is C18H18F2N4O. The van der Waals surface area contributed by atoms with Crippen LogP contribution in [0.3, 0.4) is 0 Å². The van der Waals surface area contributed by atoms with Crippen LogP contribution < -0.4 is 4.74 Å². The highest BCUT2D eigenvalue weighted by molar-refractivity contribution is 5.62. The summed E-state index contributed by atoms with van der Waals surface area (Å²) < 4.78 is 30.6. The number of nitrogens with zero attached hydrogens (tertiary/aromatic N) is 3. The fourth-order valence-electron chi connectivity index (χ4n) is 2.52. The van der Waals surface area contributed by atoms with E-state index in [1.165, 1.54) is 12.1 Å². The van der Waals surface area contributed by atoms with Crippen LogP contribution in [0.1, 0.15) is 5.56 Å². The minimum absolute atomic E-state index is 0.137. The molecule has 1 N–H and O–H groups in total. The molecule has 0 bridgehead atoms. The Bertz CT molecular complexity index is 864. The van der Waals surface area contributed by atoms with Gasteiger partial charge in [-0.15, -0.1) is 0 Å². The van der Waals surface area contributed by atoms with Crippen LogP contribution in [-0.2, 0) is 6.54 Å². The minimum atomic E-state index is -1.08. The van der Waals surface area contributed by atoms with Crippen LogP contribution in [0, 0.1) is 5.82 Å². The lowest BCUT2D eigenvalue weighted by Crippen LogP contribution is -2.10. The number of rotatable bonds is 6. The zero-order valence-corrected chi connectivity index (χ0v) is 14.0. The molecule has 0 unspecified atom stereocenters. The number of alkyl halides is 1. The molecule has 7 heteroatoms. The molecule has 0 aliphatic carbocycles. The van der Waals surface area contributed by atoms with Gasteiger partial charge in [-0.1, -0.05) is 18.2 Å². The van der Waals surface area contributed by atoms with Crippen molar-refractivity contribution in [2.75, 3.05) is 21.0 Å². The van der Waals surface area contributed by atoms with Gasteiger partial charge in [0, 0.05) is 17.7 Å². The molecule has 0 radical (unpaired) electrons. The Hall–Kier alpha value is -2.80. The Morgan fingerprint density at radius 1 is 1.12 bits per heavy atom. The van der Waals surface area contributed by atoms with Crippen molar-refractivity contribution >= 4 is 0 Å². The van der Waals surface area contributed by atoms with E-state index in [0.717, 1.165) is 17.7 Å². The van der Waals surface area contributed by atoms with E-state index in [0.29, 0.717) is 17.2 Å². The second-order valence-electron chi connectivity index (χ2n) is 5.84. The zero-order chi connectivity index (χ0) is 17.8. The maximum Gasteiger partial charge on any atom is 0.228 e. The number of nitrogens with one attached hydrogen (secondary N) is 1. The van der Waals surface area contributed by atoms with Gasteiger partial charge in [-0.3, -0.25) is 5.10 Å². The molecule has 3 aromatic rings. The maximum atomic E-state index is 13.9. The molecule has 5 nitrogen and oxygen atoms in total. The van der Waals surface area contributed by atoms with Crippen molar-refractivity contribution in [3.05, 3.63) is 53.8 Å². The molecule has 0 fully saturated rings. The first kappa shape index (κ1) is 17.0. The topological polar surface area (TPSA) is 54.0 Å². The average molecular weight is 344 g/mol. The molecule has 0 spiro atoms. The van der Waals surface area contributed by atoms with E-state index in [9.17, 15) is 8.78 Å². The SMILES string of the molecule is CN(C)Cc1cccc(-c2n[nH]c(-c3ccc(OCF)c(F)c3)n2)c1. The number of benzene rings is 2. The predicted molar refractivity (Wildman–Crippen MR) is 91.2 cm³/mol. The van der Waals surface area contributed by atoms with Gasteiger partial charge in [0.15, 0.2) is 23.2 Å². The van der Waals surface area contributed by atoms with Crippen LogP contribution in [0.4, 0.5) is 8.78 Å². The molecule has 0 aliphatic heterocycles. The van der Waals surface area contributed by atoms with Crippen LogP contribution in [0.2, 0.25) is 0 Å². The van der Waals surface area contributed by atoms with Crippen LogP contribution >= 0.6 is 0 Å². The molecule has 130 valence electrons. The molecule has 1 aromatic heterocycles. The summed E-state index contributed by atoms with van der Waals surface area (Å²) in [5.41, 5.74) is 2.53. The average Bonchev–Trinajstić information content (AvgIpc) is 3.06. The van der Waals surface area contributed by atoms with E-state index >= 15 is 0 Å². The van der Waals surface area contributed by atoms with E-state index in [1.54, 1.807) is 6.07 Å². The van der Waals surface area contributed by atoms with Crippen molar-refractivity contribution in [1.82, 2.24) is 20.1 Å². The van der Waals surface area contributed by atoms with Gasteiger partial charge >= 0.3 is 0 Å². The van der Waals surface area contributed by atoms with E-state index in [1.807, 2.05) is 38.4 Å². The summed E-state index contributed by atoms with van der Waals surface area (Å²) in [6, 6.07) is 12.1. The highest BCUT2D eigenvalue weighted by atomic mass is 19.1. The van der Waals surface area contributed by atoms with Crippen molar-refractivity contribution in [1.29, 1.82) is 0 Å². The zero-order valence-electron chi connectivity index (χ0n) is 14.0. The molecule has 3 rings (SSSR count). The first-order chi connectivity index (χ1) is 12.1. The van der Waals surface area contributed by atoms with Crippen LogP contribution in [0.15, 0.2) is 42.5 Å². The summed E-state index contributed by atoms with van der Waals surface area (Å²) in [7, 11) is 4.00. The van der Waals surface area contributed by atoms with Gasteiger partial charge in [0.25, 0.3) is 0 Å². The molecule has 25 heavy (non-hydrogen) atoms. The molecular weight excluding hydrogens is 326 g/mol. The van der Waals surface area contributed by atoms with Crippen LogP contribution in [0.5, 0.6) is 5.75 Å². The lowest BCUT2D eigenvalue weighted by atomic mass is 10.1. The van der Waals surface area contributed by atoms with Gasteiger partial charge in [-0.05, 0) is 43.9 Å². The first-order valence-corrected chi connectivity index (χ1v) is 7.72. The summed E-state index contributed by atoms with van der Waals surface area (Å²) in [5.74, 6) is 0.169. The number of hydrogen-bond acceptors (Lipinski definition) is 4. The largest absolute Gasteiger partial charge is 0.460 e. The molecule has 1 heterocycles. The number of halogens is 2. The Morgan fingerprint density at radius 2 is 1.96 bits per heavy atom. The normalized spacial score (nSPS) is 11.1. The van der Waals surface area contributed by atoms with Gasteiger partial charge < -0.3 is 9.64 Å². The van der Waals surface area contributed by atoms with Crippen molar-refractivity contribution in [2.45, 2.75) is 6.54 Å². The lowest BCUT2D eigenvalue weighted by molar-refractivity contribution is 0.184. The van der Waals surface area contributed by atoms with E-state index < -0.39 is 12.7 Å². The number of H-pyrrole nitrogens is 1. The smallest absolute Gasteiger partial charge is 0.228 e. The summed E-state index contributed by atoms with van der Waals surface area (Å²) >= 11 is 0. The van der Waals surface area contributed by atoms with Gasteiger partial charge in [0.05, 0.1) is 0 Å². The molecule has 0 atom stereocenters. The Morgan fingerprint density at radius 3 is 2.68 bits per heavy atom. The quantitative estimate of drug-likeness (QED) is 0.742. The predicted octanol–water partition coefficient (Wildman–Crippen LogP) is 3.65. The monoisotopic (exact) mass is 344 g/mol. The highest BCUT2D eigenvalue weighted by Gasteiger charge is 2.11. The van der Waals surface area contributed by atoms with Crippen LogP contribution in [-0.4, -0.2) is 41.0 Å². The molecule has 0 amide bonds. The van der Waals surface area contributed by atoms with Gasteiger partial charge in [0.1, 0.15) is 0 Å². The fourth-order valence-corrected chi connectivity index (χ4v) is 2.52. The number of aromatic nitrogens is 3. The second-order valence-corrected chi connectivity index (χ2v) is 5.84. The van der Waals surface area contributed by atoms with E-state index in [2.05, 4.69) is 24.8 Å². The van der Waals surface area contributed by atoms with E-state index in [-0.39, 0.29) is 5.75 Å². The summed E-state index contributed by atoms with van der Waals surface area (Å²) in [6.07, 6.45) is 0. The fraction of sp³-hybridized carbons (Fsp3) is 0.222. The number of aromatic amines is 1. The standard InChI is InChI=1S/C18H18F2N4O/c1-24(2)10-12-4-3-5-13(8-12)17-21-18(23-22-17)14-6-7-16(25-11-19)15(20)9-14/h3-9H,10-11H2,1-2H3,(H,21,22,23). The first-order valence-electron chi connectivity index (χ1n) is 7.72. The number of ether oxygens (including phenoxy) is 1. The molecule has 0 saturated heterocycles. The summed E-state index contributed by atoms with van der Waals surface area (Å²) in [5, 5.41) is 7.01. The minimum Gasteiger partial charge on any atom is -0.460 e. The van der Waals surface area contributed by atoms with Crippen molar-refractivity contribution in [3.63, 3.8) is 0 Å². The lowest BCUT2D eigenvalue weighted by Gasteiger charge is -2.09. The Kier molecular flexibility index (Phi) is 5.04. The van der Waals surface area contributed by atoms with Crippen molar-refractivity contribution in [2.24, 2.45) is 0 Å². The molecule has 2 aromatic carbocycles. The highest BCUT2D eigenvalue weighted by Crippen LogP contribution is 2.25. The number of hydrogen-bond donors (Lipinski definition) is 1. The van der Waals surface area contributed by atoms with Crippen molar-refractivity contribution < 1.29 is 13.5 Å². The van der Waals surface area contributed by atoms with Gasteiger partial charge in [0.2, 0.25) is 6.86 Å². The third kappa shape index (κ3) is 4.00. The molecule has 0 aliphatic rings. The van der Waals surface area contributed by atoms with Gasteiger partial charge in [-0.25, -0.2) is 13.8 Å².